The van der Waals surface area contributed by atoms with E-state index in [1.54, 1.807) is 0 Å². The molecule has 0 saturated heterocycles. The van der Waals surface area contributed by atoms with Crippen LogP contribution in [0.2, 0.25) is 0 Å². The number of ether oxygens (including phenoxy) is 1. The Balaban J connectivity index is 1.87. The fraction of sp³-hybridized carbons (Fsp3) is 0.333. The van der Waals surface area contributed by atoms with Crippen LogP contribution in [0.3, 0.4) is 0 Å². The number of hydrogen-bond donors (Lipinski definition) is 1. The van der Waals surface area contributed by atoms with E-state index in [1.165, 1.54) is 30.4 Å². The molecule has 2 aromatic rings. The molecule has 0 aliphatic heterocycles. The number of aliphatic hydroxyl groups is 1. The largest absolute Gasteiger partial charge is 0.457 e. The van der Waals surface area contributed by atoms with Crippen LogP contribution in [0.5, 0.6) is 11.5 Å². The van der Waals surface area contributed by atoms with Crippen molar-refractivity contribution in [1.82, 2.24) is 0 Å². The standard InChI is InChI=1S/C18H20O2/c1-13-6-9-18(16(10-13)12-19)20-17-8-7-14-4-2-3-5-15(14)11-17/h6-11,19H,2-5,12H2,1H3. The number of hydrogen-bond acceptors (Lipinski definition) is 2. The third kappa shape index (κ3) is 2.70. The molecule has 0 fully saturated rings. The van der Waals surface area contributed by atoms with Crippen LogP contribution in [0.1, 0.15) is 35.1 Å². The molecular formula is C18H20O2. The Labute approximate surface area is 120 Å². The van der Waals surface area contributed by atoms with Crippen LogP contribution in [0.4, 0.5) is 0 Å². The molecule has 2 nitrogen and oxygen atoms in total. The fourth-order valence-corrected chi connectivity index (χ4v) is 2.83. The number of benzene rings is 2. The van der Waals surface area contributed by atoms with E-state index < -0.39 is 0 Å². The molecular weight excluding hydrogens is 248 g/mol. The van der Waals surface area contributed by atoms with Crippen LogP contribution in [-0.4, -0.2) is 5.11 Å². The molecule has 0 unspecified atom stereocenters. The maximum atomic E-state index is 9.43. The summed E-state index contributed by atoms with van der Waals surface area (Å²) < 4.78 is 5.96. The molecule has 0 bridgehead atoms. The number of aryl methyl sites for hydroxylation is 3. The zero-order chi connectivity index (χ0) is 13.9. The van der Waals surface area contributed by atoms with Crippen LogP contribution in [0, 0.1) is 6.92 Å². The van der Waals surface area contributed by atoms with E-state index in [9.17, 15) is 5.11 Å². The van der Waals surface area contributed by atoms with Crippen molar-refractivity contribution in [3.05, 3.63) is 58.7 Å². The first-order valence-electron chi connectivity index (χ1n) is 7.26. The highest BCUT2D eigenvalue weighted by Gasteiger charge is 2.11. The number of rotatable bonds is 3. The predicted octanol–water partition coefficient (Wildman–Crippen LogP) is 4.16. The van der Waals surface area contributed by atoms with Gasteiger partial charge in [0.15, 0.2) is 0 Å². The van der Waals surface area contributed by atoms with E-state index in [0.29, 0.717) is 0 Å². The molecule has 0 spiro atoms. The summed E-state index contributed by atoms with van der Waals surface area (Å²) in [6.45, 7) is 2.02. The summed E-state index contributed by atoms with van der Waals surface area (Å²) >= 11 is 0. The van der Waals surface area contributed by atoms with Gasteiger partial charge in [0.05, 0.1) is 6.61 Å². The second kappa shape index (κ2) is 5.68. The van der Waals surface area contributed by atoms with Crippen LogP contribution < -0.4 is 4.74 Å². The zero-order valence-corrected chi connectivity index (χ0v) is 11.9. The maximum absolute atomic E-state index is 9.43. The minimum absolute atomic E-state index is 0.00194. The van der Waals surface area contributed by atoms with Crippen molar-refractivity contribution in [1.29, 1.82) is 0 Å². The topological polar surface area (TPSA) is 29.5 Å². The highest BCUT2D eigenvalue weighted by Crippen LogP contribution is 2.30. The average Bonchev–Trinajstić information content (AvgIpc) is 2.49. The SMILES string of the molecule is Cc1ccc(Oc2ccc3c(c2)CCCC3)c(CO)c1. The number of aliphatic hydroxyl groups excluding tert-OH is 1. The summed E-state index contributed by atoms with van der Waals surface area (Å²) in [6, 6.07) is 12.3. The lowest BCUT2D eigenvalue weighted by Crippen LogP contribution is -2.02. The van der Waals surface area contributed by atoms with Crippen LogP contribution in [0.15, 0.2) is 36.4 Å². The first-order valence-corrected chi connectivity index (χ1v) is 7.26. The van der Waals surface area contributed by atoms with Gasteiger partial charge in [0.1, 0.15) is 11.5 Å². The fourth-order valence-electron chi connectivity index (χ4n) is 2.83. The summed E-state index contributed by atoms with van der Waals surface area (Å²) in [5.41, 5.74) is 4.83. The highest BCUT2D eigenvalue weighted by atomic mass is 16.5. The normalized spacial score (nSPS) is 13.9. The van der Waals surface area contributed by atoms with Gasteiger partial charge in [0, 0.05) is 5.56 Å². The van der Waals surface area contributed by atoms with Gasteiger partial charge in [-0.1, -0.05) is 23.8 Å². The lowest BCUT2D eigenvalue weighted by atomic mass is 9.92. The molecule has 0 heterocycles. The first-order chi connectivity index (χ1) is 9.76. The smallest absolute Gasteiger partial charge is 0.132 e. The summed E-state index contributed by atoms with van der Waals surface area (Å²) in [7, 11) is 0. The Kier molecular flexibility index (Phi) is 3.75. The molecule has 1 aliphatic carbocycles. The van der Waals surface area contributed by atoms with Crippen molar-refractivity contribution < 1.29 is 9.84 Å². The molecule has 1 aliphatic rings. The molecule has 104 valence electrons. The molecule has 0 saturated carbocycles. The second-order valence-corrected chi connectivity index (χ2v) is 5.51. The van der Waals surface area contributed by atoms with E-state index in [4.69, 9.17) is 4.74 Å². The van der Waals surface area contributed by atoms with E-state index >= 15 is 0 Å². The van der Waals surface area contributed by atoms with E-state index in [0.717, 1.165) is 29.0 Å². The third-order valence-electron chi connectivity index (χ3n) is 3.93. The van der Waals surface area contributed by atoms with Crippen molar-refractivity contribution >= 4 is 0 Å². The molecule has 0 radical (unpaired) electrons. The van der Waals surface area contributed by atoms with Crippen LogP contribution in [-0.2, 0) is 19.4 Å². The van der Waals surface area contributed by atoms with Crippen molar-refractivity contribution in [2.45, 2.75) is 39.2 Å². The molecule has 2 heteroatoms. The zero-order valence-electron chi connectivity index (χ0n) is 11.9. The summed E-state index contributed by atoms with van der Waals surface area (Å²) in [5.74, 6) is 1.61. The van der Waals surface area contributed by atoms with Crippen LogP contribution >= 0.6 is 0 Å². The monoisotopic (exact) mass is 268 g/mol. The van der Waals surface area contributed by atoms with Gasteiger partial charge in [0.2, 0.25) is 0 Å². The summed E-state index contributed by atoms with van der Waals surface area (Å²) in [5, 5.41) is 9.43. The minimum atomic E-state index is 0.00194. The second-order valence-electron chi connectivity index (χ2n) is 5.51. The molecule has 3 rings (SSSR count). The van der Waals surface area contributed by atoms with Crippen molar-refractivity contribution in [3.8, 4) is 11.5 Å². The lowest BCUT2D eigenvalue weighted by molar-refractivity contribution is 0.276. The molecule has 0 amide bonds. The Morgan fingerprint density at radius 3 is 2.60 bits per heavy atom. The minimum Gasteiger partial charge on any atom is -0.457 e. The van der Waals surface area contributed by atoms with Gasteiger partial charge in [-0.05, 0) is 61.9 Å². The number of fused-ring (bicyclic) bond motifs is 1. The molecule has 0 aromatic heterocycles. The van der Waals surface area contributed by atoms with Gasteiger partial charge in [-0.25, -0.2) is 0 Å². The van der Waals surface area contributed by atoms with Gasteiger partial charge < -0.3 is 9.84 Å². The van der Waals surface area contributed by atoms with Crippen molar-refractivity contribution in [2.75, 3.05) is 0 Å². The average molecular weight is 268 g/mol. The summed E-state index contributed by atoms with van der Waals surface area (Å²) in [6.07, 6.45) is 4.89. The summed E-state index contributed by atoms with van der Waals surface area (Å²) in [4.78, 5) is 0. The van der Waals surface area contributed by atoms with E-state index in [-0.39, 0.29) is 6.61 Å². The van der Waals surface area contributed by atoms with Crippen molar-refractivity contribution in [2.24, 2.45) is 0 Å². The molecule has 20 heavy (non-hydrogen) atoms. The van der Waals surface area contributed by atoms with Gasteiger partial charge >= 0.3 is 0 Å². The quantitative estimate of drug-likeness (QED) is 0.905. The highest BCUT2D eigenvalue weighted by molar-refractivity contribution is 5.43. The molecule has 1 N–H and O–H groups in total. The van der Waals surface area contributed by atoms with Crippen molar-refractivity contribution in [3.63, 3.8) is 0 Å². The Hall–Kier alpha value is -1.80. The third-order valence-corrected chi connectivity index (χ3v) is 3.93. The van der Waals surface area contributed by atoms with E-state index in [1.807, 2.05) is 31.2 Å². The van der Waals surface area contributed by atoms with Crippen LogP contribution in [0.25, 0.3) is 0 Å². The van der Waals surface area contributed by atoms with Gasteiger partial charge in [-0.15, -0.1) is 0 Å². The maximum Gasteiger partial charge on any atom is 0.132 e. The van der Waals surface area contributed by atoms with Gasteiger partial charge in [0.25, 0.3) is 0 Å². The molecule has 0 atom stereocenters. The Morgan fingerprint density at radius 1 is 1.00 bits per heavy atom. The predicted molar refractivity (Wildman–Crippen MR) is 80.3 cm³/mol. The lowest BCUT2D eigenvalue weighted by Gasteiger charge is -2.17. The van der Waals surface area contributed by atoms with E-state index in [2.05, 4.69) is 12.1 Å². The van der Waals surface area contributed by atoms with Gasteiger partial charge in [-0.2, -0.15) is 0 Å². The first kappa shape index (κ1) is 13.2. The Morgan fingerprint density at radius 2 is 1.80 bits per heavy atom. The Bertz CT molecular complexity index is 617. The molecule has 2 aromatic carbocycles. The van der Waals surface area contributed by atoms with Gasteiger partial charge in [-0.3, -0.25) is 0 Å².